The molecule has 1 atom stereocenters. The maximum absolute atomic E-state index is 13.6. The van der Waals surface area contributed by atoms with Gasteiger partial charge in [-0.05, 0) is 91.6 Å². The number of para-hydroxylation sites is 1. The Morgan fingerprint density at radius 2 is 1.49 bits per heavy atom. The van der Waals surface area contributed by atoms with E-state index < -0.39 is 11.8 Å². The topological polar surface area (TPSA) is 115 Å². The predicted molar refractivity (Wildman–Crippen MR) is 188 cm³/mol. The van der Waals surface area contributed by atoms with Crippen LogP contribution in [-0.2, 0) is 16.0 Å². The molecule has 0 bridgehead atoms. The zero-order chi connectivity index (χ0) is 33.9. The van der Waals surface area contributed by atoms with E-state index in [9.17, 15) is 14.4 Å². The molecule has 0 fully saturated rings. The third kappa shape index (κ3) is 8.95. The Hall–Kier alpha value is -5.22. The van der Waals surface area contributed by atoms with Crippen LogP contribution in [0.3, 0.4) is 0 Å². The van der Waals surface area contributed by atoms with Gasteiger partial charge in [0, 0.05) is 21.8 Å². The quantitative estimate of drug-likeness (QED) is 0.104. The molecule has 9 nitrogen and oxygen atoms in total. The van der Waals surface area contributed by atoms with Gasteiger partial charge in [-0.15, -0.1) is 11.8 Å². The fraction of sp³-hybridized carbons (Fsp3) is 0.216. The summed E-state index contributed by atoms with van der Waals surface area (Å²) < 4.78 is 16.3. The van der Waals surface area contributed by atoms with E-state index in [-0.39, 0.29) is 16.9 Å². The van der Waals surface area contributed by atoms with Gasteiger partial charge >= 0.3 is 0 Å². The van der Waals surface area contributed by atoms with Crippen molar-refractivity contribution in [2.45, 2.75) is 37.3 Å². The number of hydrogen-bond donors (Lipinski definition) is 3. The first kappa shape index (κ1) is 34.6. The Morgan fingerprint density at radius 1 is 0.830 bits per heavy atom. The lowest BCUT2D eigenvalue weighted by Crippen LogP contribution is -2.30. The van der Waals surface area contributed by atoms with Crippen molar-refractivity contribution in [3.05, 3.63) is 113 Å². The van der Waals surface area contributed by atoms with E-state index in [1.165, 1.54) is 39.2 Å². The van der Waals surface area contributed by atoms with Crippen molar-refractivity contribution in [2.24, 2.45) is 0 Å². The molecule has 0 saturated carbocycles. The van der Waals surface area contributed by atoms with E-state index >= 15 is 0 Å². The summed E-state index contributed by atoms with van der Waals surface area (Å²) in [6.07, 6.45) is 2.35. The highest BCUT2D eigenvalue weighted by atomic mass is 32.2. The van der Waals surface area contributed by atoms with Gasteiger partial charge in [-0.2, -0.15) is 0 Å². The van der Waals surface area contributed by atoms with Crippen LogP contribution in [0, 0.1) is 6.92 Å². The fourth-order valence-corrected chi connectivity index (χ4v) is 5.66. The van der Waals surface area contributed by atoms with Crippen LogP contribution in [0.4, 0.5) is 11.4 Å². The third-order valence-electron chi connectivity index (χ3n) is 7.31. The Labute approximate surface area is 279 Å². The highest BCUT2D eigenvalue weighted by Gasteiger charge is 2.19. The molecule has 0 heterocycles. The molecule has 3 amide bonds. The zero-order valence-electron chi connectivity index (χ0n) is 27.3. The number of methoxy groups -OCH3 is 3. The second-order valence-electron chi connectivity index (χ2n) is 10.5. The minimum absolute atomic E-state index is 0.000440. The van der Waals surface area contributed by atoms with Gasteiger partial charge in [-0.1, -0.05) is 43.3 Å². The highest BCUT2D eigenvalue weighted by Crippen LogP contribution is 2.38. The standard InChI is InChI=1S/C37H39N3O6S/c1-7-26-15-11-12-23(2)33(26)40-35(41)24(3)47-29-18-16-28(17-19-29)38-37(43)30(39-36(42)27-13-9-8-10-14-27)20-25-21-31(44-4)34(46-6)32(22-25)45-5/h8-22,24H,7H2,1-6H3,(H,38,43)(H,39,42)(H,40,41)/b30-20-. The van der Waals surface area contributed by atoms with Crippen LogP contribution >= 0.6 is 11.8 Å². The van der Waals surface area contributed by atoms with Crippen molar-refractivity contribution in [1.29, 1.82) is 0 Å². The summed E-state index contributed by atoms with van der Waals surface area (Å²) in [7, 11) is 4.50. The monoisotopic (exact) mass is 653 g/mol. The molecule has 1 unspecified atom stereocenters. The minimum Gasteiger partial charge on any atom is -0.493 e. The number of benzene rings is 4. The van der Waals surface area contributed by atoms with Gasteiger partial charge in [-0.3, -0.25) is 14.4 Å². The number of amides is 3. The summed E-state index contributed by atoms with van der Waals surface area (Å²) in [5.41, 5.74) is 4.41. The number of carbonyl (C=O) groups excluding carboxylic acids is 3. The number of carbonyl (C=O) groups is 3. The number of rotatable bonds is 13. The van der Waals surface area contributed by atoms with E-state index in [1.54, 1.807) is 54.6 Å². The number of anilines is 2. The Morgan fingerprint density at radius 3 is 2.09 bits per heavy atom. The number of hydrogen-bond acceptors (Lipinski definition) is 7. The maximum atomic E-state index is 13.6. The van der Waals surface area contributed by atoms with Crippen LogP contribution in [-0.4, -0.2) is 44.3 Å². The third-order valence-corrected chi connectivity index (χ3v) is 8.42. The average molecular weight is 654 g/mol. The molecule has 4 rings (SSSR count). The molecular formula is C37H39N3O6S. The summed E-state index contributed by atoms with van der Waals surface area (Å²) in [4.78, 5) is 40.6. The summed E-state index contributed by atoms with van der Waals surface area (Å²) in [6.45, 7) is 5.90. The van der Waals surface area contributed by atoms with Crippen molar-refractivity contribution in [3.8, 4) is 17.2 Å². The van der Waals surface area contributed by atoms with Gasteiger partial charge in [0.15, 0.2) is 11.5 Å². The fourth-order valence-electron chi connectivity index (χ4n) is 4.79. The van der Waals surface area contributed by atoms with Crippen molar-refractivity contribution >= 4 is 46.9 Å². The second kappa shape index (κ2) is 16.4. The average Bonchev–Trinajstić information content (AvgIpc) is 3.09. The molecule has 0 saturated heterocycles. The number of ether oxygens (including phenoxy) is 3. The van der Waals surface area contributed by atoms with E-state index in [1.807, 2.05) is 44.2 Å². The zero-order valence-corrected chi connectivity index (χ0v) is 28.1. The van der Waals surface area contributed by atoms with Crippen LogP contribution in [0.1, 0.15) is 40.9 Å². The molecule has 0 aromatic heterocycles. The predicted octanol–water partition coefficient (Wildman–Crippen LogP) is 7.11. The Balaban J connectivity index is 1.52. The highest BCUT2D eigenvalue weighted by molar-refractivity contribution is 8.00. The minimum atomic E-state index is -0.541. The smallest absolute Gasteiger partial charge is 0.272 e. The van der Waals surface area contributed by atoms with Crippen LogP contribution in [0.15, 0.2) is 95.5 Å². The van der Waals surface area contributed by atoms with E-state index in [2.05, 4.69) is 22.9 Å². The molecule has 47 heavy (non-hydrogen) atoms. The number of nitrogens with one attached hydrogen (secondary N) is 3. The van der Waals surface area contributed by atoms with Crippen LogP contribution in [0.5, 0.6) is 17.2 Å². The normalized spacial score (nSPS) is 11.7. The van der Waals surface area contributed by atoms with Gasteiger partial charge < -0.3 is 30.2 Å². The van der Waals surface area contributed by atoms with Crippen molar-refractivity contribution in [2.75, 3.05) is 32.0 Å². The molecule has 4 aromatic carbocycles. The summed E-state index contributed by atoms with van der Waals surface area (Å²) in [6, 6.07) is 25.1. The summed E-state index contributed by atoms with van der Waals surface area (Å²) in [5, 5.41) is 8.32. The summed E-state index contributed by atoms with van der Waals surface area (Å²) in [5.74, 6) is 0.112. The van der Waals surface area contributed by atoms with Crippen LogP contribution in [0.2, 0.25) is 0 Å². The maximum Gasteiger partial charge on any atom is 0.272 e. The Kier molecular flexibility index (Phi) is 12.1. The Bertz CT molecular complexity index is 1730. The van der Waals surface area contributed by atoms with E-state index in [0.29, 0.717) is 34.1 Å². The second-order valence-corrected chi connectivity index (χ2v) is 11.9. The molecular weight excluding hydrogens is 614 g/mol. The van der Waals surface area contributed by atoms with Crippen molar-refractivity contribution in [3.63, 3.8) is 0 Å². The first-order valence-electron chi connectivity index (χ1n) is 15.0. The van der Waals surface area contributed by atoms with Gasteiger partial charge in [0.05, 0.1) is 26.6 Å². The van der Waals surface area contributed by atoms with E-state index in [0.717, 1.165) is 28.1 Å². The lowest BCUT2D eigenvalue weighted by Gasteiger charge is -2.16. The van der Waals surface area contributed by atoms with Gasteiger partial charge in [-0.25, -0.2) is 0 Å². The van der Waals surface area contributed by atoms with Gasteiger partial charge in [0.2, 0.25) is 11.7 Å². The molecule has 0 aliphatic rings. The molecule has 244 valence electrons. The van der Waals surface area contributed by atoms with E-state index in [4.69, 9.17) is 14.2 Å². The number of thioether (sulfide) groups is 1. The molecule has 0 radical (unpaired) electrons. The van der Waals surface area contributed by atoms with Crippen LogP contribution in [0.25, 0.3) is 6.08 Å². The molecule has 10 heteroatoms. The van der Waals surface area contributed by atoms with Crippen molar-refractivity contribution < 1.29 is 28.6 Å². The molecule has 4 aromatic rings. The molecule has 0 aliphatic heterocycles. The lowest BCUT2D eigenvalue weighted by atomic mass is 10.1. The molecule has 3 N–H and O–H groups in total. The van der Waals surface area contributed by atoms with Crippen molar-refractivity contribution in [1.82, 2.24) is 5.32 Å². The summed E-state index contributed by atoms with van der Waals surface area (Å²) >= 11 is 1.41. The molecule has 0 spiro atoms. The van der Waals surface area contributed by atoms with Crippen LogP contribution < -0.4 is 30.2 Å². The van der Waals surface area contributed by atoms with Gasteiger partial charge in [0.1, 0.15) is 5.70 Å². The molecule has 0 aliphatic carbocycles. The number of aryl methyl sites for hydroxylation is 2. The largest absolute Gasteiger partial charge is 0.493 e. The lowest BCUT2D eigenvalue weighted by molar-refractivity contribution is -0.115. The first-order chi connectivity index (χ1) is 22.7. The van der Waals surface area contributed by atoms with Gasteiger partial charge in [0.25, 0.3) is 11.8 Å². The first-order valence-corrected chi connectivity index (χ1v) is 15.9. The SMILES string of the molecule is CCc1cccc(C)c1NC(=O)C(C)Sc1ccc(NC(=O)/C(=C/c2cc(OC)c(OC)c(OC)c2)NC(=O)c2ccccc2)cc1.